The van der Waals surface area contributed by atoms with Gasteiger partial charge in [0.25, 0.3) is 0 Å². The number of benzene rings is 1. The summed E-state index contributed by atoms with van der Waals surface area (Å²) >= 11 is 1.65. The third-order valence-corrected chi connectivity index (χ3v) is 4.66. The quantitative estimate of drug-likeness (QED) is 0.861. The molecule has 0 aliphatic carbocycles. The van der Waals surface area contributed by atoms with Gasteiger partial charge >= 0.3 is 0 Å². The molecule has 0 saturated carbocycles. The second-order valence-electron chi connectivity index (χ2n) is 5.20. The van der Waals surface area contributed by atoms with Gasteiger partial charge in [-0.05, 0) is 32.4 Å². The van der Waals surface area contributed by atoms with Crippen molar-refractivity contribution in [3.63, 3.8) is 0 Å². The zero-order chi connectivity index (χ0) is 13.8. The lowest BCUT2D eigenvalue weighted by molar-refractivity contribution is -0.131. The van der Waals surface area contributed by atoms with Crippen LogP contribution < -0.4 is 5.32 Å². The Labute approximate surface area is 119 Å². The van der Waals surface area contributed by atoms with Gasteiger partial charge in [0.15, 0.2) is 0 Å². The van der Waals surface area contributed by atoms with Crippen molar-refractivity contribution in [3.05, 3.63) is 29.3 Å². The van der Waals surface area contributed by atoms with Crippen molar-refractivity contribution in [1.82, 2.24) is 10.2 Å². The fourth-order valence-electron chi connectivity index (χ4n) is 2.30. The van der Waals surface area contributed by atoms with E-state index < -0.39 is 0 Å². The topological polar surface area (TPSA) is 32.3 Å². The van der Waals surface area contributed by atoms with E-state index in [9.17, 15) is 4.79 Å². The average molecular weight is 278 g/mol. The number of aryl methyl sites for hydroxylation is 2. The first-order chi connectivity index (χ1) is 9.08. The number of piperazine rings is 1. The van der Waals surface area contributed by atoms with Crippen LogP contribution in [-0.2, 0) is 4.79 Å². The van der Waals surface area contributed by atoms with Gasteiger partial charge in [0.2, 0.25) is 5.91 Å². The Balaban J connectivity index is 1.94. The number of nitrogens with one attached hydrogen (secondary N) is 1. The summed E-state index contributed by atoms with van der Waals surface area (Å²) in [6, 6.07) is 6.70. The minimum Gasteiger partial charge on any atom is -0.337 e. The van der Waals surface area contributed by atoms with Crippen LogP contribution >= 0.6 is 11.8 Å². The van der Waals surface area contributed by atoms with Crippen LogP contribution in [0.4, 0.5) is 0 Å². The molecule has 1 aliphatic rings. The second kappa shape index (κ2) is 6.44. The predicted octanol–water partition coefficient (Wildman–Crippen LogP) is 2.22. The van der Waals surface area contributed by atoms with E-state index >= 15 is 0 Å². The molecule has 0 unspecified atom stereocenters. The molecule has 1 fully saturated rings. The normalized spacial score (nSPS) is 19.5. The van der Waals surface area contributed by atoms with Gasteiger partial charge in [-0.1, -0.05) is 17.7 Å². The van der Waals surface area contributed by atoms with E-state index in [0.717, 1.165) is 19.6 Å². The maximum absolute atomic E-state index is 12.3. The van der Waals surface area contributed by atoms with E-state index in [0.29, 0.717) is 11.8 Å². The number of thioether (sulfide) groups is 1. The standard InChI is InChI=1S/C15H22N2OS/c1-11-4-5-12(2)14(8-11)19-10-15(18)17-7-6-16-9-13(17)3/h4-5,8,13,16H,6-7,9-10H2,1-3H3/t13-/m0/s1. The molecule has 3 nitrogen and oxygen atoms in total. The largest absolute Gasteiger partial charge is 0.337 e. The number of nitrogens with zero attached hydrogens (tertiary/aromatic N) is 1. The third-order valence-electron chi connectivity index (χ3n) is 3.52. The first-order valence-corrected chi connectivity index (χ1v) is 7.76. The molecule has 2 rings (SSSR count). The summed E-state index contributed by atoms with van der Waals surface area (Å²) < 4.78 is 0. The molecule has 1 amide bonds. The van der Waals surface area contributed by atoms with Crippen LogP contribution in [0.5, 0.6) is 0 Å². The van der Waals surface area contributed by atoms with E-state index in [2.05, 4.69) is 44.3 Å². The van der Waals surface area contributed by atoms with E-state index in [1.54, 1.807) is 11.8 Å². The lowest BCUT2D eigenvalue weighted by Gasteiger charge is -2.34. The molecule has 1 aromatic rings. The van der Waals surface area contributed by atoms with Crippen LogP contribution in [0.3, 0.4) is 0 Å². The molecule has 0 aromatic heterocycles. The Kier molecular flexibility index (Phi) is 4.88. The molecule has 1 atom stereocenters. The number of carbonyl (C=O) groups is 1. The van der Waals surface area contributed by atoms with Gasteiger partial charge in [-0.25, -0.2) is 0 Å². The van der Waals surface area contributed by atoms with E-state index in [4.69, 9.17) is 0 Å². The zero-order valence-corrected chi connectivity index (χ0v) is 12.7. The number of amides is 1. The number of hydrogen-bond acceptors (Lipinski definition) is 3. The Bertz CT molecular complexity index is 461. The Morgan fingerprint density at radius 1 is 1.47 bits per heavy atom. The van der Waals surface area contributed by atoms with E-state index in [1.807, 2.05) is 4.90 Å². The van der Waals surface area contributed by atoms with Crippen LogP contribution in [0.15, 0.2) is 23.1 Å². The second-order valence-corrected chi connectivity index (χ2v) is 6.22. The maximum atomic E-state index is 12.3. The summed E-state index contributed by atoms with van der Waals surface area (Å²) in [4.78, 5) is 15.5. The molecule has 1 N–H and O–H groups in total. The highest BCUT2D eigenvalue weighted by atomic mass is 32.2. The molecule has 1 aromatic carbocycles. The summed E-state index contributed by atoms with van der Waals surface area (Å²) in [5.74, 6) is 0.786. The Morgan fingerprint density at radius 3 is 3.00 bits per heavy atom. The molecule has 4 heteroatoms. The molecule has 1 aliphatic heterocycles. The fraction of sp³-hybridized carbons (Fsp3) is 0.533. The van der Waals surface area contributed by atoms with Crippen molar-refractivity contribution in [2.75, 3.05) is 25.4 Å². The highest BCUT2D eigenvalue weighted by Crippen LogP contribution is 2.24. The molecular weight excluding hydrogens is 256 g/mol. The summed E-state index contributed by atoms with van der Waals surface area (Å²) in [5.41, 5.74) is 2.49. The van der Waals surface area contributed by atoms with Crippen molar-refractivity contribution < 1.29 is 4.79 Å². The average Bonchev–Trinajstić information content (AvgIpc) is 2.40. The van der Waals surface area contributed by atoms with Crippen molar-refractivity contribution in [3.8, 4) is 0 Å². The molecule has 1 heterocycles. The van der Waals surface area contributed by atoms with Gasteiger partial charge in [0.1, 0.15) is 0 Å². The summed E-state index contributed by atoms with van der Waals surface area (Å²) in [5, 5.41) is 3.31. The third kappa shape index (κ3) is 3.74. The molecule has 104 valence electrons. The van der Waals surface area contributed by atoms with Gasteiger partial charge in [-0.2, -0.15) is 0 Å². The minimum atomic E-state index is 0.250. The van der Waals surface area contributed by atoms with Crippen molar-refractivity contribution in [1.29, 1.82) is 0 Å². The SMILES string of the molecule is Cc1ccc(C)c(SCC(=O)N2CCNC[C@@H]2C)c1. The van der Waals surface area contributed by atoms with E-state index in [-0.39, 0.29) is 5.91 Å². The van der Waals surface area contributed by atoms with Crippen molar-refractivity contribution in [2.24, 2.45) is 0 Å². The van der Waals surface area contributed by atoms with Crippen LogP contribution in [0.2, 0.25) is 0 Å². The predicted molar refractivity (Wildman–Crippen MR) is 80.7 cm³/mol. The highest BCUT2D eigenvalue weighted by Gasteiger charge is 2.22. The van der Waals surface area contributed by atoms with Crippen LogP contribution in [0.25, 0.3) is 0 Å². The van der Waals surface area contributed by atoms with Gasteiger partial charge in [-0.3, -0.25) is 4.79 Å². The van der Waals surface area contributed by atoms with Crippen molar-refractivity contribution >= 4 is 17.7 Å². The fourth-order valence-corrected chi connectivity index (χ4v) is 3.31. The summed E-state index contributed by atoms with van der Waals surface area (Å²) in [6.45, 7) is 8.92. The number of hydrogen-bond donors (Lipinski definition) is 1. The number of rotatable bonds is 3. The minimum absolute atomic E-state index is 0.250. The van der Waals surface area contributed by atoms with Gasteiger partial charge in [0.05, 0.1) is 5.75 Å². The summed E-state index contributed by atoms with van der Waals surface area (Å²) in [6.07, 6.45) is 0. The zero-order valence-electron chi connectivity index (χ0n) is 11.9. The monoisotopic (exact) mass is 278 g/mol. The summed E-state index contributed by atoms with van der Waals surface area (Å²) in [7, 11) is 0. The van der Waals surface area contributed by atoms with Crippen molar-refractivity contribution in [2.45, 2.75) is 31.7 Å². The Morgan fingerprint density at radius 2 is 2.26 bits per heavy atom. The molecule has 1 saturated heterocycles. The Hall–Kier alpha value is -1.00. The first kappa shape index (κ1) is 14.4. The van der Waals surface area contributed by atoms with Gasteiger partial charge in [-0.15, -0.1) is 11.8 Å². The van der Waals surface area contributed by atoms with Crippen LogP contribution in [-0.4, -0.2) is 42.2 Å². The lowest BCUT2D eigenvalue weighted by Crippen LogP contribution is -2.52. The molecule has 0 radical (unpaired) electrons. The molecule has 19 heavy (non-hydrogen) atoms. The smallest absolute Gasteiger partial charge is 0.233 e. The first-order valence-electron chi connectivity index (χ1n) is 6.78. The maximum Gasteiger partial charge on any atom is 0.233 e. The van der Waals surface area contributed by atoms with Crippen LogP contribution in [0.1, 0.15) is 18.1 Å². The lowest BCUT2D eigenvalue weighted by atomic mass is 10.2. The molecule has 0 bridgehead atoms. The van der Waals surface area contributed by atoms with Gasteiger partial charge < -0.3 is 10.2 Å². The van der Waals surface area contributed by atoms with Gasteiger partial charge in [0, 0.05) is 30.6 Å². The van der Waals surface area contributed by atoms with E-state index in [1.165, 1.54) is 16.0 Å². The van der Waals surface area contributed by atoms with Crippen LogP contribution in [0, 0.1) is 13.8 Å². The molecule has 0 spiro atoms. The highest BCUT2D eigenvalue weighted by molar-refractivity contribution is 8.00. The molecular formula is C15H22N2OS. The number of carbonyl (C=O) groups excluding carboxylic acids is 1.